The first kappa shape index (κ1) is 13.7. The van der Waals surface area contributed by atoms with Gasteiger partial charge in [0, 0.05) is 19.7 Å². The van der Waals surface area contributed by atoms with Crippen LogP contribution in [0.3, 0.4) is 0 Å². The lowest BCUT2D eigenvalue weighted by Crippen LogP contribution is -2.24. The molecule has 4 nitrogen and oxygen atoms in total. The summed E-state index contributed by atoms with van der Waals surface area (Å²) in [5.74, 6) is 3.73. The van der Waals surface area contributed by atoms with Crippen LogP contribution < -0.4 is 10.6 Å². The highest BCUT2D eigenvalue weighted by molar-refractivity contribution is 5.45. The van der Waals surface area contributed by atoms with Crippen LogP contribution in [0.25, 0.3) is 0 Å². The Morgan fingerprint density at radius 2 is 1.65 bits per heavy atom. The molecule has 0 aliphatic carbocycles. The third-order valence-electron chi connectivity index (χ3n) is 3.15. The zero-order valence-corrected chi connectivity index (χ0v) is 11.5. The van der Waals surface area contributed by atoms with Gasteiger partial charge in [0.1, 0.15) is 18.0 Å². The van der Waals surface area contributed by atoms with Crippen molar-refractivity contribution >= 4 is 11.6 Å². The smallest absolute Gasteiger partial charge is 0.131 e. The van der Waals surface area contributed by atoms with E-state index >= 15 is 0 Å². The summed E-state index contributed by atoms with van der Waals surface area (Å²) in [6, 6.07) is 1.93. The second-order valence-electron chi connectivity index (χ2n) is 5.07. The minimum atomic E-state index is 0.656. The molecule has 0 fully saturated rings. The molecule has 0 aliphatic heterocycles. The first-order valence-electron chi connectivity index (χ1n) is 6.28. The molecule has 1 rings (SSSR count). The Morgan fingerprint density at radius 3 is 2.18 bits per heavy atom. The van der Waals surface area contributed by atoms with Crippen molar-refractivity contribution in [2.24, 2.45) is 17.8 Å². The lowest BCUT2D eigenvalue weighted by Gasteiger charge is -2.25. The maximum Gasteiger partial charge on any atom is 0.131 e. The van der Waals surface area contributed by atoms with Crippen LogP contribution in [-0.4, -0.2) is 23.6 Å². The fourth-order valence-electron chi connectivity index (χ4n) is 2.05. The number of aromatic nitrogens is 2. The van der Waals surface area contributed by atoms with Crippen LogP contribution >= 0.6 is 0 Å². The van der Waals surface area contributed by atoms with Gasteiger partial charge in [-0.15, -0.1) is 0 Å². The zero-order chi connectivity index (χ0) is 12.8. The molecule has 0 atom stereocenters. The highest BCUT2D eigenvalue weighted by Gasteiger charge is 2.17. The normalized spacial score (nSPS) is 11.3. The Kier molecular flexibility index (Phi) is 5.19. The van der Waals surface area contributed by atoms with Gasteiger partial charge < -0.3 is 10.6 Å². The predicted octanol–water partition coefficient (Wildman–Crippen LogP) is 2.86. The van der Waals surface area contributed by atoms with Crippen LogP contribution in [0.4, 0.5) is 11.6 Å². The Morgan fingerprint density at radius 1 is 1.06 bits per heavy atom. The van der Waals surface area contributed by atoms with Crippen molar-refractivity contribution in [3.8, 4) is 0 Å². The highest BCUT2D eigenvalue weighted by atomic mass is 15.1. The minimum Gasteiger partial charge on any atom is -0.373 e. The molecule has 0 saturated carbocycles. The van der Waals surface area contributed by atoms with Gasteiger partial charge in [0.05, 0.1) is 0 Å². The van der Waals surface area contributed by atoms with Crippen LogP contribution in [-0.2, 0) is 0 Å². The topological polar surface area (TPSA) is 49.8 Å². The quantitative estimate of drug-likeness (QED) is 0.797. The molecule has 0 unspecified atom stereocenters. The summed E-state index contributed by atoms with van der Waals surface area (Å²) in [5, 5.41) is 6.40. The van der Waals surface area contributed by atoms with Crippen molar-refractivity contribution in [1.82, 2.24) is 9.97 Å². The average molecular weight is 236 g/mol. The van der Waals surface area contributed by atoms with E-state index in [1.54, 1.807) is 6.33 Å². The van der Waals surface area contributed by atoms with Crippen LogP contribution in [0.5, 0.6) is 0 Å². The molecule has 17 heavy (non-hydrogen) atoms. The summed E-state index contributed by atoms with van der Waals surface area (Å²) in [7, 11) is 1.86. The summed E-state index contributed by atoms with van der Waals surface area (Å²) in [6.45, 7) is 10.0. The summed E-state index contributed by atoms with van der Waals surface area (Å²) in [6.07, 6.45) is 1.58. The third kappa shape index (κ3) is 4.21. The van der Waals surface area contributed by atoms with E-state index in [2.05, 4.69) is 48.3 Å². The number of hydrogen-bond donors (Lipinski definition) is 2. The van der Waals surface area contributed by atoms with Crippen LogP contribution in [0.2, 0.25) is 0 Å². The van der Waals surface area contributed by atoms with E-state index in [1.165, 1.54) is 0 Å². The standard InChI is InChI=1S/C13H24N4/c1-9(2)11(10(3)4)7-15-13-6-12(14-5)16-8-17-13/h6,8-11H,7H2,1-5H3,(H2,14,15,16,17). The molecule has 1 aromatic rings. The van der Waals surface area contributed by atoms with Gasteiger partial charge in [-0.2, -0.15) is 0 Å². The number of nitrogens with one attached hydrogen (secondary N) is 2. The van der Waals surface area contributed by atoms with Gasteiger partial charge >= 0.3 is 0 Å². The van der Waals surface area contributed by atoms with Crippen molar-refractivity contribution in [3.63, 3.8) is 0 Å². The van der Waals surface area contributed by atoms with E-state index in [0.29, 0.717) is 17.8 Å². The molecule has 0 saturated heterocycles. The lowest BCUT2D eigenvalue weighted by molar-refractivity contribution is 0.304. The van der Waals surface area contributed by atoms with Crippen molar-refractivity contribution in [2.45, 2.75) is 27.7 Å². The second-order valence-corrected chi connectivity index (χ2v) is 5.07. The monoisotopic (exact) mass is 236 g/mol. The van der Waals surface area contributed by atoms with E-state index < -0.39 is 0 Å². The molecule has 0 radical (unpaired) electrons. The molecule has 4 heteroatoms. The third-order valence-corrected chi connectivity index (χ3v) is 3.15. The van der Waals surface area contributed by atoms with Crippen LogP contribution in [0.15, 0.2) is 12.4 Å². The van der Waals surface area contributed by atoms with Crippen molar-refractivity contribution in [3.05, 3.63) is 12.4 Å². The van der Waals surface area contributed by atoms with Gasteiger partial charge in [0.2, 0.25) is 0 Å². The van der Waals surface area contributed by atoms with Crippen molar-refractivity contribution < 1.29 is 0 Å². The van der Waals surface area contributed by atoms with Gasteiger partial charge in [-0.1, -0.05) is 27.7 Å². The summed E-state index contributed by atoms with van der Waals surface area (Å²) >= 11 is 0. The van der Waals surface area contributed by atoms with Gasteiger partial charge in [0.25, 0.3) is 0 Å². The van der Waals surface area contributed by atoms with E-state index in [9.17, 15) is 0 Å². The van der Waals surface area contributed by atoms with E-state index in [4.69, 9.17) is 0 Å². The molecule has 0 bridgehead atoms. The molecule has 0 amide bonds. The van der Waals surface area contributed by atoms with E-state index in [1.807, 2.05) is 13.1 Å². The van der Waals surface area contributed by atoms with Crippen LogP contribution in [0.1, 0.15) is 27.7 Å². The molecule has 0 aromatic carbocycles. The van der Waals surface area contributed by atoms with Crippen molar-refractivity contribution in [1.29, 1.82) is 0 Å². The lowest BCUT2D eigenvalue weighted by atomic mass is 9.85. The fourth-order valence-corrected chi connectivity index (χ4v) is 2.05. The van der Waals surface area contributed by atoms with Crippen molar-refractivity contribution in [2.75, 3.05) is 24.2 Å². The molecule has 1 aromatic heterocycles. The Hall–Kier alpha value is -1.32. The first-order valence-corrected chi connectivity index (χ1v) is 6.28. The van der Waals surface area contributed by atoms with Crippen LogP contribution in [0, 0.1) is 17.8 Å². The van der Waals surface area contributed by atoms with Gasteiger partial charge in [-0.05, 0) is 17.8 Å². The molecular formula is C13H24N4. The fraction of sp³-hybridized carbons (Fsp3) is 0.692. The van der Waals surface area contributed by atoms with E-state index in [-0.39, 0.29) is 0 Å². The SMILES string of the molecule is CNc1cc(NCC(C(C)C)C(C)C)ncn1. The molecule has 0 spiro atoms. The van der Waals surface area contributed by atoms with Gasteiger partial charge in [-0.25, -0.2) is 9.97 Å². The number of anilines is 2. The molecular weight excluding hydrogens is 212 g/mol. The maximum absolute atomic E-state index is 4.22. The molecule has 96 valence electrons. The number of hydrogen-bond acceptors (Lipinski definition) is 4. The zero-order valence-electron chi connectivity index (χ0n) is 11.5. The Labute approximate surface area is 104 Å². The summed E-state index contributed by atoms with van der Waals surface area (Å²) in [4.78, 5) is 8.31. The van der Waals surface area contributed by atoms with Gasteiger partial charge in [-0.3, -0.25) is 0 Å². The molecule has 0 aliphatic rings. The molecule has 2 N–H and O–H groups in total. The minimum absolute atomic E-state index is 0.656. The highest BCUT2D eigenvalue weighted by Crippen LogP contribution is 2.21. The van der Waals surface area contributed by atoms with E-state index in [0.717, 1.165) is 18.2 Å². The second kappa shape index (κ2) is 6.42. The Balaban J connectivity index is 2.59. The predicted molar refractivity (Wildman–Crippen MR) is 73.2 cm³/mol. The average Bonchev–Trinajstić information content (AvgIpc) is 2.28. The summed E-state index contributed by atoms with van der Waals surface area (Å²) < 4.78 is 0. The maximum atomic E-state index is 4.22. The number of rotatable bonds is 6. The van der Waals surface area contributed by atoms with Gasteiger partial charge in [0.15, 0.2) is 0 Å². The molecule has 1 heterocycles. The largest absolute Gasteiger partial charge is 0.373 e. The number of nitrogens with zero attached hydrogens (tertiary/aromatic N) is 2. The first-order chi connectivity index (χ1) is 8.04. The Bertz CT molecular complexity index is 328. The summed E-state index contributed by atoms with van der Waals surface area (Å²) in [5.41, 5.74) is 0.